The minimum Gasteiger partial charge on any atom is -0.356 e. The molecule has 3 nitrogen and oxygen atoms in total. The van der Waals surface area contributed by atoms with Crippen molar-refractivity contribution in [1.29, 1.82) is 0 Å². The zero-order valence-corrected chi connectivity index (χ0v) is 15.4. The molecule has 0 radical (unpaired) electrons. The maximum absolute atomic E-state index is 12.1. The van der Waals surface area contributed by atoms with Crippen LogP contribution in [0.15, 0.2) is 24.3 Å². The average Bonchev–Trinajstić information content (AvgIpc) is 2.42. The number of nitrogens with one attached hydrogen (secondary N) is 1. The number of carbonyl (C=O) groups is 1. The summed E-state index contributed by atoms with van der Waals surface area (Å²) in [7, 11) is 4.09. The quantitative estimate of drug-likeness (QED) is 0.742. The summed E-state index contributed by atoms with van der Waals surface area (Å²) in [6.45, 7) is 8.15. The van der Waals surface area contributed by atoms with E-state index in [1.165, 1.54) is 5.56 Å². The molecule has 0 aliphatic carbocycles. The Morgan fingerprint density at radius 2 is 1.73 bits per heavy atom. The van der Waals surface area contributed by atoms with Gasteiger partial charge < -0.3 is 10.2 Å². The second-order valence-corrected chi connectivity index (χ2v) is 6.51. The van der Waals surface area contributed by atoms with Crippen molar-refractivity contribution in [1.82, 2.24) is 10.2 Å². The SMILES string of the molecule is CC(C)Cc1ccc(C(C)C(=O)NCCCN(C)C)cc1.Cl. The van der Waals surface area contributed by atoms with E-state index in [4.69, 9.17) is 0 Å². The molecule has 1 N–H and O–H groups in total. The zero-order valence-electron chi connectivity index (χ0n) is 14.6. The van der Waals surface area contributed by atoms with Crippen LogP contribution in [-0.4, -0.2) is 38.0 Å². The van der Waals surface area contributed by atoms with Gasteiger partial charge >= 0.3 is 0 Å². The summed E-state index contributed by atoms with van der Waals surface area (Å²) in [5.41, 5.74) is 2.43. The van der Waals surface area contributed by atoms with Crippen molar-refractivity contribution in [2.24, 2.45) is 5.92 Å². The molecule has 1 rings (SSSR count). The topological polar surface area (TPSA) is 32.3 Å². The lowest BCUT2D eigenvalue weighted by Gasteiger charge is -2.14. The summed E-state index contributed by atoms with van der Waals surface area (Å²) in [6, 6.07) is 8.46. The number of benzene rings is 1. The fourth-order valence-electron chi connectivity index (χ4n) is 2.33. The highest BCUT2D eigenvalue weighted by molar-refractivity contribution is 5.85. The Morgan fingerprint density at radius 3 is 2.23 bits per heavy atom. The molecule has 4 heteroatoms. The van der Waals surface area contributed by atoms with Gasteiger partial charge in [-0.25, -0.2) is 0 Å². The maximum atomic E-state index is 12.1. The van der Waals surface area contributed by atoms with Gasteiger partial charge in [-0.15, -0.1) is 12.4 Å². The molecular weight excluding hydrogens is 296 g/mol. The first-order valence-corrected chi connectivity index (χ1v) is 7.91. The van der Waals surface area contributed by atoms with Crippen LogP contribution in [0.2, 0.25) is 0 Å². The molecule has 0 aliphatic heterocycles. The van der Waals surface area contributed by atoms with Gasteiger partial charge in [-0.2, -0.15) is 0 Å². The number of hydrogen-bond acceptors (Lipinski definition) is 2. The van der Waals surface area contributed by atoms with Crippen LogP contribution in [-0.2, 0) is 11.2 Å². The molecule has 126 valence electrons. The Kier molecular flexibility index (Phi) is 10.1. The Balaban J connectivity index is 0.00000441. The Morgan fingerprint density at radius 1 is 1.14 bits per heavy atom. The van der Waals surface area contributed by atoms with Crippen molar-refractivity contribution in [3.8, 4) is 0 Å². The molecular formula is C18H31ClN2O. The predicted octanol–water partition coefficient (Wildman–Crippen LogP) is 3.48. The number of amides is 1. The van der Waals surface area contributed by atoms with Crippen LogP contribution in [0.4, 0.5) is 0 Å². The van der Waals surface area contributed by atoms with Crippen LogP contribution in [0.3, 0.4) is 0 Å². The number of halogens is 1. The van der Waals surface area contributed by atoms with Gasteiger partial charge in [0.05, 0.1) is 5.92 Å². The third-order valence-electron chi connectivity index (χ3n) is 3.60. The third-order valence-corrected chi connectivity index (χ3v) is 3.60. The number of carbonyl (C=O) groups excluding carboxylic acids is 1. The molecule has 0 aromatic heterocycles. The van der Waals surface area contributed by atoms with Crippen LogP contribution in [0.1, 0.15) is 44.2 Å². The van der Waals surface area contributed by atoms with Gasteiger partial charge in [-0.3, -0.25) is 4.79 Å². The van der Waals surface area contributed by atoms with Crippen molar-refractivity contribution >= 4 is 18.3 Å². The van der Waals surface area contributed by atoms with Gasteiger partial charge in [-0.05, 0) is 57.5 Å². The maximum Gasteiger partial charge on any atom is 0.227 e. The van der Waals surface area contributed by atoms with Gasteiger partial charge in [0.15, 0.2) is 0 Å². The van der Waals surface area contributed by atoms with Gasteiger partial charge in [-0.1, -0.05) is 38.1 Å². The molecule has 22 heavy (non-hydrogen) atoms. The number of hydrogen-bond donors (Lipinski definition) is 1. The van der Waals surface area contributed by atoms with E-state index in [0.29, 0.717) is 5.92 Å². The second-order valence-electron chi connectivity index (χ2n) is 6.51. The van der Waals surface area contributed by atoms with Crippen LogP contribution >= 0.6 is 12.4 Å². The average molecular weight is 327 g/mol. The first-order valence-electron chi connectivity index (χ1n) is 7.91. The predicted molar refractivity (Wildman–Crippen MR) is 96.8 cm³/mol. The van der Waals surface area contributed by atoms with Crippen LogP contribution in [0, 0.1) is 5.92 Å². The standard InChI is InChI=1S/C18H30N2O.ClH/c1-14(2)13-16-7-9-17(10-8-16)15(3)18(21)19-11-6-12-20(4)5;/h7-10,14-15H,6,11-13H2,1-5H3,(H,19,21);1H. The van der Waals surface area contributed by atoms with Gasteiger partial charge in [0.1, 0.15) is 0 Å². The van der Waals surface area contributed by atoms with Crippen LogP contribution in [0.5, 0.6) is 0 Å². The molecule has 1 amide bonds. The summed E-state index contributed by atoms with van der Waals surface area (Å²) in [5, 5.41) is 3.02. The van der Waals surface area contributed by atoms with E-state index in [0.717, 1.165) is 31.5 Å². The fraction of sp³-hybridized carbons (Fsp3) is 0.611. The minimum absolute atomic E-state index is 0. The smallest absolute Gasteiger partial charge is 0.227 e. The van der Waals surface area contributed by atoms with E-state index in [-0.39, 0.29) is 24.2 Å². The molecule has 0 saturated carbocycles. The molecule has 0 fully saturated rings. The van der Waals surface area contributed by atoms with Crippen molar-refractivity contribution in [3.63, 3.8) is 0 Å². The van der Waals surface area contributed by atoms with E-state index in [9.17, 15) is 4.79 Å². The Hall–Kier alpha value is -1.06. The monoisotopic (exact) mass is 326 g/mol. The molecule has 0 aliphatic rings. The lowest BCUT2D eigenvalue weighted by atomic mass is 9.96. The molecule has 1 unspecified atom stereocenters. The summed E-state index contributed by atoms with van der Waals surface area (Å²) in [5.74, 6) is 0.691. The van der Waals surface area contributed by atoms with Crippen LogP contribution in [0.25, 0.3) is 0 Å². The summed E-state index contributed by atoms with van der Waals surface area (Å²) < 4.78 is 0. The molecule has 0 spiro atoms. The molecule has 1 aromatic carbocycles. The minimum atomic E-state index is -0.0857. The molecule has 0 saturated heterocycles. The van der Waals surface area contributed by atoms with E-state index in [1.54, 1.807) is 0 Å². The normalized spacial score (nSPS) is 12.1. The third kappa shape index (κ3) is 7.81. The molecule has 0 heterocycles. The van der Waals surface area contributed by atoms with Crippen LogP contribution < -0.4 is 5.32 Å². The first kappa shape index (κ1) is 20.9. The van der Waals surface area contributed by atoms with Crippen molar-refractivity contribution in [2.75, 3.05) is 27.2 Å². The van der Waals surface area contributed by atoms with Crippen molar-refractivity contribution in [2.45, 2.75) is 39.5 Å². The highest BCUT2D eigenvalue weighted by Gasteiger charge is 2.14. The second kappa shape index (κ2) is 10.6. The summed E-state index contributed by atoms with van der Waals surface area (Å²) in [4.78, 5) is 14.3. The number of rotatable bonds is 8. The summed E-state index contributed by atoms with van der Waals surface area (Å²) in [6.07, 6.45) is 2.07. The Labute approximate surface area is 141 Å². The summed E-state index contributed by atoms with van der Waals surface area (Å²) >= 11 is 0. The Bertz CT molecular complexity index is 429. The highest BCUT2D eigenvalue weighted by atomic mass is 35.5. The van der Waals surface area contributed by atoms with Crippen molar-refractivity contribution in [3.05, 3.63) is 35.4 Å². The lowest BCUT2D eigenvalue weighted by Crippen LogP contribution is -2.30. The van der Waals surface area contributed by atoms with Crippen molar-refractivity contribution < 1.29 is 4.79 Å². The highest BCUT2D eigenvalue weighted by Crippen LogP contribution is 2.17. The molecule has 1 aromatic rings. The molecule has 0 bridgehead atoms. The largest absolute Gasteiger partial charge is 0.356 e. The lowest BCUT2D eigenvalue weighted by molar-refractivity contribution is -0.122. The van der Waals surface area contributed by atoms with E-state index in [2.05, 4.69) is 48.3 Å². The van der Waals surface area contributed by atoms with E-state index < -0.39 is 0 Å². The van der Waals surface area contributed by atoms with E-state index in [1.807, 2.05) is 21.0 Å². The van der Waals surface area contributed by atoms with E-state index >= 15 is 0 Å². The molecule has 1 atom stereocenters. The number of nitrogens with zero attached hydrogens (tertiary/aromatic N) is 1. The van der Waals surface area contributed by atoms with Gasteiger partial charge in [0.25, 0.3) is 0 Å². The van der Waals surface area contributed by atoms with Gasteiger partial charge in [0.2, 0.25) is 5.91 Å². The fourth-order valence-corrected chi connectivity index (χ4v) is 2.33. The first-order chi connectivity index (χ1) is 9.90. The van der Waals surface area contributed by atoms with Gasteiger partial charge in [0, 0.05) is 6.54 Å². The zero-order chi connectivity index (χ0) is 15.8.